The van der Waals surface area contributed by atoms with Crippen LogP contribution in [0.5, 0.6) is 0 Å². The van der Waals surface area contributed by atoms with Crippen LogP contribution in [0.4, 0.5) is 0 Å². The largest absolute Gasteiger partial charge is 0.451 e. The highest BCUT2D eigenvalue weighted by Gasteiger charge is 1.87. The molecule has 0 fully saturated rings. The van der Waals surface area contributed by atoms with E-state index in [1.807, 2.05) is 0 Å². The minimum atomic E-state index is 0.925. The number of halogens is 1. The van der Waals surface area contributed by atoms with Gasteiger partial charge >= 0.3 is 0 Å². The fraction of sp³-hybridized carbons (Fsp3) is 0.250. The SMILES string of the molecule is ICc1cocn1. The zero-order chi connectivity index (χ0) is 5.11. The van der Waals surface area contributed by atoms with Crippen LogP contribution < -0.4 is 0 Å². The molecule has 0 saturated carbocycles. The van der Waals surface area contributed by atoms with Crippen molar-refractivity contribution < 1.29 is 4.42 Å². The Labute approximate surface area is 55.1 Å². The molecule has 0 saturated heterocycles. The molecule has 3 heteroatoms. The first-order valence-corrected chi connectivity index (χ1v) is 3.39. The Balaban J connectivity index is 2.76. The number of alkyl halides is 1. The Morgan fingerprint density at radius 1 is 1.86 bits per heavy atom. The standard InChI is InChI=1S/C4H4INO/c5-1-4-2-7-3-6-4/h2-3H,1H2. The van der Waals surface area contributed by atoms with Crippen molar-refractivity contribution in [2.75, 3.05) is 0 Å². The molecule has 0 amide bonds. The summed E-state index contributed by atoms with van der Waals surface area (Å²) in [7, 11) is 0. The van der Waals surface area contributed by atoms with E-state index in [0.717, 1.165) is 10.1 Å². The van der Waals surface area contributed by atoms with Crippen LogP contribution in [-0.4, -0.2) is 4.98 Å². The van der Waals surface area contributed by atoms with Gasteiger partial charge in [0, 0.05) is 4.43 Å². The molecule has 1 aromatic heterocycles. The zero-order valence-corrected chi connectivity index (χ0v) is 5.75. The molecule has 7 heavy (non-hydrogen) atoms. The summed E-state index contributed by atoms with van der Waals surface area (Å²) in [6.07, 6.45) is 3.08. The predicted octanol–water partition coefficient (Wildman–Crippen LogP) is 1.61. The van der Waals surface area contributed by atoms with Gasteiger partial charge in [-0.1, -0.05) is 22.6 Å². The molecule has 0 atom stereocenters. The fourth-order valence-electron chi connectivity index (χ4n) is 0.304. The van der Waals surface area contributed by atoms with Crippen LogP contribution in [0.1, 0.15) is 5.69 Å². The van der Waals surface area contributed by atoms with Crippen LogP contribution in [-0.2, 0) is 4.43 Å². The van der Waals surface area contributed by atoms with E-state index in [4.69, 9.17) is 0 Å². The molecule has 0 spiro atoms. The third kappa shape index (κ3) is 1.15. The van der Waals surface area contributed by atoms with E-state index in [9.17, 15) is 0 Å². The minimum absolute atomic E-state index is 0.925. The van der Waals surface area contributed by atoms with Crippen molar-refractivity contribution in [1.29, 1.82) is 0 Å². The summed E-state index contributed by atoms with van der Waals surface area (Å²) in [5.41, 5.74) is 1.00. The Morgan fingerprint density at radius 2 is 2.71 bits per heavy atom. The molecule has 38 valence electrons. The molecule has 1 heterocycles. The van der Waals surface area contributed by atoms with Crippen LogP contribution in [0, 0.1) is 0 Å². The summed E-state index contributed by atoms with van der Waals surface area (Å²) >= 11 is 2.23. The lowest BCUT2D eigenvalue weighted by Gasteiger charge is -1.73. The molecular formula is C4H4INO. The Morgan fingerprint density at radius 3 is 3.00 bits per heavy atom. The second kappa shape index (κ2) is 2.30. The zero-order valence-electron chi connectivity index (χ0n) is 3.60. The molecule has 0 aliphatic carbocycles. The Hall–Kier alpha value is -0.0600. The van der Waals surface area contributed by atoms with Gasteiger partial charge in [-0.05, 0) is 0 Å². The van der Waals surface area contributed by atoms with Crippen molar-refractivity contribution in [3.8, 4) is 0 Å². The van der Waals surface area contributed by atoms with Gasteiger partial charge < -0.3 is 4.42 Å². The summed E-state index contributed by atoms with van der Waals surface area (Å²) in [6, 6.07) is 0. The van der Waals surface area contributed by atoms with Gasteiger partial charge in [0.05, 0.1) is 5.69 Å². The second-order valence-corrected chi connectivity index (χ2v) is 1.88. The average molecular weight is 209 g/mol. The lowest BCUT2D eigenvalue weighted by atomic mass is 10.6. The maximum absolute atomic E-state index is 4.69. The van der Waals surface area contributed by atoms with Gasteiger partial charge in [0.2, 0.25) is 0 Å². The monoisotopic (exact) mass is 209 g/mol. The van der Waals surface area contributed by atoms with E-state index >= 15 is 0 Å². The number of nitrogens with zero attached hydrogens (tertiary/aromatic N) is 1. The molecule has 0 unspecified atom stereocenters. The molecule has 0 aliphatic rings. The quantitative estimate of drug-likeness (QED) is 0.518. The summed E-state index contributed by atoms with van der Waals surface area (Å²) in [6.45, 7) is 0. The van der Waals surface area contributed by atoms with E-state index in [1.54, 1.807) is 6.26 Å². The molecule has 0 bridgehead atoms. The number of oxazole rings is 1. The molecule has 0 radical (unpaired) electrons. The number of hydrogen-bond donors (Lipinski definition) is 0. The Kier molecular flexibility index (Phi) is 1.67. The summed E-state index contributed by atoms with van der Waals surface area (Å²) < 4.78 is 5.61. The minimum Gasteiger partial charge on any atom is -0.451 e. The Bertz CT molecular complexity index is 126. The number of aromatic nitrogens is 1. The first-order chi connectivity index (χ1) is 3.43. The van der Waals surface area contributed by atoms with Crippen LogP contribution in [0.25, 0.3) is 0 Å². The van der Waals surface area contributed by atoms with Crippen LogP contribution >= 0.6 is 22.6 Å². The van der Waals surface area contributed by atoms with Crippen LogP contribution in [0.15, 0.2) is 17.1 Å². The van der Waals surface area contributed by atoms with Gasteiger partial charge in [0.25, 0.3) is 0 Å². The van der Waals surface area contributed by atoms with Crippen molar-refractivity contribution in [1.82, 2.24) is 4.98 Å². The third-order valence-corrected chi connectivity index (χ3v) is 1.40. The van der Waals surface area contributed by atoms with Crippen LogP contribution in [0.3, 0.4) is 0 Å². The molecular weight excluding hydrogens is 205 g/mol. The van der Waals surface area contributed by atoms with Crippen LogP contribution in [0.2, 0.25) is 0 Å². The molecule has 0 aliphatic heterocycles. The topological polar surface area (TPSA) is 26.0 Å². The van der Waals surface area contributed by atoms with Gasteiger partial charge in [-0.2, -0.15) is 0 Å². The highest BCUT2D eigenvalue weighted by Crippen LogP contribution is 1.99. The number of rotatable bonds is 1. The first kappa shape index (κ1) is 5.08. The lowest BCUT2D eigenvalue weighted by molar-refractivity contribution is 0.557. The first-order valence-electron chi connectivity index (χ1n) is 1.86. The fourth-order valence-corrected chi connectivity index (χ4v) is 0.680. The molecule has 0 N–H and O–H groups in total. The molecule has 1 rings (SSSR count). The summed E-state index contributed by atoms with van der Waals surface area (Å²) in [5.74, 6) is 0. The van der Waals surface area contributed by atoms with Gasteiger partial charge in [-0.25, -0.2) is 4.98 Å². The van der Waals surface area contributed by atoms with Gasteiger partial charge in [-0.15, -0.1) is 0 Å². The molecule has 2 nitrogen and oxygen atoms in total. The van der Waals surface area contributed by atoms with Crippen molar-refractivity contribution in [2.45, 2.75) is 4.43 Å². The van der Waals surface area contributed by atoms with E-state index in [1.165, 1.54) is 6.39 Å². The van der Waals surface area contributed by atoms with E-state index in [0.29, 0.717) is 0 Å². The summed E-state index contributed by atoms with van der Waals surface area (Å²) in [5, 5.41) is 0. The third-order valence-electron chi connectivity index (χ3n) is 0.620. The predicted molar refractivity (Wildman–Crippen MR) is 34.2 cm³/mol. The van der Waals surface area contributed by atoms with Crippen molar-refractivity contribution in [3.63, 3.8) is 0 Å². The van der Waals surface area contributed by atoms with Crippen molar-refractivity contribution in [2.24, 2.45) is 0 Å². The van der Waals surface area contributed by atoms with Gasteiger partial charge in [0.15, 0.2) is 6.39 Å². The highest BCUT2D eigenvalue weighted by molar-refractivity contribution is 14.1. The van der Waals surface area contributed by atoms with Crippen molar-refractivity contribution >= 4 is 22.6 Å². The van der Waals surface area contributed by atoms with E-state index in [-0.39, 0.29) is 0 Å². The summed E-state index contributed by atoms with van der Waals surface area (Å²) in [4.78, 5) is 3.86. The maximum atomic E-state index is 4.69. The average Bonchev–Trinajstić information content (AvgIpc) is 2.14. The highest BCUT2D eigenvalue weighted by atomic mass is 127. The van der Waals surface area contributed by atoms with Gasteiger partial charge in [-0.3, -0.25) is 0 Å². The van der Waals surface area contributed by atoms with Crippen molar-refractivity contribution in [3.05, 3.63) is 18.4 Å². The van der Waals surface area contributed by atoms with E-state index < -0.39 is 0 Å². The molecule has 0 aromatic carbocycles. The maximum Gasteiger partial charge on any atom is 0.180 e. The van der Waals surface area contributed by atoms with Gasteiger partial charge in [0.1, 0.15) is 6.26 Å². The number of hydrogen-bond acceptors (Lipinski definition) is 2. The molecule has 1 aromatic rings. The lowest BCUT2D eigenvalue weighted by Crippen LogP contribution is -1.69. The normalized spacial score (nSPS) is 9.29. The smallest absolute Gasteiger partial charge is 0.180 e. The second-order valence-electron chi connectivity index (χ2n) is 1.11. The van der Waals surface area contributed by atoms with E-state index in [2.05, 4.69) is 32.0 Å².